The van der Waals surface area contributed by atoms with E-state index < -0.39 is 28.5 Å². The second-order valence-electron chi connectivity index (χ2n) is 9.10. The molecule has 0 unspecified atom stereocenters. The second kappa shape index (κ2) is 13.4. The Hall–Kier alpha value is -2.65. The molecule has 0 aromatic heterocycles. The zero-order chi connectivity index (χ0) is 27.9. The van der Waals surface area contributed by atoms with Crippen molar-refractivity contribution < 1.29 is 18.0 Å². The average molecular weight is 579 g/mol. The van der Waals surface area contributed by atoms with Crippen molar-refractivity contribution in [2.75, 3.05) is 20.1 Å². The molecule has 0 saturated carbocycles. The number of benzene rings is 3. The number of fused-ring (bicyclic) bond motifs is 1. The summed E-state index contributed by atoms with van der Waals surface area (Å²) in [5.74, 6) is -0.806. The highest BCUT2D eigenvalue weighted by molar-refractivity contribution is 7.89. The summed E-state index contributed by atoms with van der Waals surface area (Å²) >= 11 is 12.4. The fourth-order valence-electron chi connectivity index (χ4n) is 4.13. The van der Waals surface area contributed by atoms with Crippen LogP contribution in [0.2, 0.25) is 10.0 Å². The van der Waals surface area contributed by atoms with E-state index in [1.54, 1.807) is 30.3 Å². The van der Waals surface area contributed by atoms with E-state index in [4.69, 9.17) is 23.2 Å². The van der Waals surface area contributed by atoms with E-state index in [-0.39, 0.29) is 17.3 Å². The number of hydrogen-bond donors (Lipinski definition) is 1. The number of carbonyl (C=O) groups is 2. The van der Waals surface area contributed by atoms with Crippen molar-refractivity contribution in [3.05, 3.63) is 76.3 Å². The van der Waals surface area contributed by atoms with Gasteiger partial charge in [0.1, 0.15) is 6.04 Å². The van der Waals surface area contributed by atoms with Crippen molar-refractivity contribution in [2.45, 2.75) is 50.6 Å². The first-order valence-corrected chi connectivity index (χ1v) is 14.7. The summed E-state index contributed by atoms with van der Waals surface area (Å²) in [5, 5.41) is 5.38. The molecule has 0 fully saturated rings. The number of hydrogen-bond acceptors (Lipinski definition) is 4. The van der Waals surface area contributed by atoms with Crippen LogP contribution in [0.5, 0.6) is 0 Å². The van der Waals surface area contributed by atoms with Crippen LogP contribution in [0.4, 0.5) is 0 Å². The lowest BCUT2D eigenvalue weighted by atomic mass is 10.1. The summed E-state index contributed by atoms with van der Waals surface area (Å²) < 4.78 is 27.8. The third-order valence-electron chi connectivity index (χ3n) is 6.36. The molecule has 0 aliphatic rings. The predicted octanol–water partition coefficient (Wildman–Crippen LogP) is 5.49. The monoisotopic (exact) mass is 577 g/mol. The minimum atomic E-state index is -3.97. The summed E-state index contributed by atoms with van der Waals surface area (Å²) in [6.07, 6.45) is 2.07. The molecule has 38 heavy (non-hydrogen) atoms. The summed E-state index contributed by atoms with van der Waals surface area (Å²) in [5.41, 5.74) is 0.601. The van der Waals surface area contributed by atoms with E-state index in [0.717, 1.165) is 27.9 Å². The number of amides is 2. The number of nitrogens with zero attached hydrogens (tertiary/aromatic N) is 2. The van der Waals surface area contributed by atoms with E-state index in [1.807, 2.05) is 38.1 Å². The lowest BCUT2D eigenvalue weighted by molar-refractivity contribution is -0.141. The van der Waals surface area contributed by atoms with Gasteiger partial charge in [0.2, 0.25) is 21.8 Å². The molecule has 0 aliphatic carbocycles. The zero-order valence-electron chi connectivity index (χ0n) is 21.8. The van der Waals surface area contributed by atoms with Crippen LogP contribution in [0.1, 0.15) is 38.7 Å². The SMILES string of the molecule is CCCCNC(=O)[C@H](CC)N(Cc1ccc(Cl)cc1Cl)C(=O)CN(C)S(=O)(=O)c1ccc2ccccc2c1. The molecule has 0 saturated heterocycles. The van der Waals surface area contributed by atoms with Crippen LogP contribution in [-0.4, -0.2) is 55.6 Å². The van der Waals surface area contributed by atoms with E-state index in [9.17, 15) is 18.0 Å². The molecular formula is C28H33Cl2N3O4S. The van der Waals surface area contributed by atoms with Crippen LogP contribution in [0, 0.1) is 0 Å². The molecule has 0 bridgehead atoms. The Morgan fingerprint density at radius 2 is 1.68 bits per heavy atom. The lowest BCUT2D eigenvalue weighted by Crippen LogP contribution is -2.51. The largest absolute Gasteiger partial charge is 0.354 e. The first-order valence-electron chi connectivity index (χ1n) is 12.5. The van der Waals surface area contributed by atoms with Gasteiger partial charge in [-0.05, 0) is 53.4 Å². The Morgan fingerprint density at radius 3 is 2.34 bits per heavy atom. The van der Waals surface area contributed by atoms with E-state index >= 15 is 0 Å². The molecule has 3 aromatic carbocycles. The number of halogens is 2. The van der Waals surface area contributed by atoms with Gasteiger partial charge in [-0.15, -0.1) is 0 Å². The third-order valence-corrected chi connectivity index (χ3v) is 8.74. The van der Waals surface area contributed by atoms with Crippen molar-refractivity contribution in [3.63, 3.8) is 0 Å². The van der Waals surface area contributed by atoms with Gasteiger partial charge in [0.15, 0.2) is 0 Å². The highest BCUT2D eigenvalue weighted by Gasteiger charge is 2.32. The topological polar surface area (TPSA) is 86.8 Å². The molecular weight excluding hydrogens is 545 g/mol. The summed E-state index contributed by atoms with van der Waals surface area (Å²) in [6, 6.07) is 16.4. The molecule has 204 valence electrons. The highest BCUT2D eigenvalue weighted by atomic mass is 35.5. The Morgan fingerprint density at radius 1 is 0.974 bits per heavy atom. The molecule has 0 heterocycles. The quantitative estimate of drug-likeness (QED) is 0.288. The maximum Gasteiger partial charge on any atom is 0.243 e. The molecule has 0 aliphatic heterocycles. The van der Waals surface area contributed by atoms with Crippen LogP contribution >= 0.6 is 23.2 Å². The Bertz CT molecular complexity index is 1400. The zero-order valence-corrected chi connectivity index (χ0v) is 24.1. The van der Waals surface area contributed by atoms with Gasteiger partial charge in [0.25, 0.3) is 0 Å². The molecule has 1 N–H and O–H groups in total. The van der Waals surface area contributed by atoms with Gasteiger partial charge in [-0.2, -0.15) is 4.31 Å². The predicted molar refractivity (Wildman–Crippen MR) is 153 cm³/mol. The van der Waals surface area contributed by atoms with E-state index in [1.165, 1.54) is 18.0 Å². The fraction of sp³-hybridized carbons (Fsp3) is 0.357. The standard InChI is InChI=1S/C28H33Cl2N3O4S/c1-4-6-15-31-28(35)26(5-2)33(18-22-11-13-23(29)17-25(22)30)27(34)19-32(3)38(36,37)24-14-12-20-9-7-8-10-21(20)16-24/h7-14,16-17,26H,4-6,15,18-19H2,1-3H3,(H,31,35)/t26-/m0/s1. The molecule has 0 radical (unpaired) electrons. The number of unbranched alkanes of at least 4 members (excludes halogenated alkanes) is 1. The van der Waals surface area contributed by atoms with E-state index in [0.29, 0.717) is 28.6 Å². The van der Waals surface area contributed by atoms with Crippen LogP contribution < -0.4 is 5.32 Å². The fourth-order valence-corrected chi connectivity index (χ4v) is 5.76. The average Bonchev–Trinajstić information content (AvgIpc) is 2.89. The maximum atomic E-state index is 13.6. The Kier molecular flexibility index (Phi) is 10.6. The summed E-state index contributed by atoms with van der Waals surface area (Å²) in [4.78, 5) is 28.2. The first-order chi connectivity index (χ1) is 18.1. The van der Waals surface area contributed by atoms with Crippen LogP contribution in [0.15, 0.2) is 65.6 Å². The maximum absolute atomic E-state index is 13.6. The normalized spacial score (nSPS) is 12.5. The van der Waals surface area contributed by atoms with Gasteiger partial charge in [-0.1, -0.05) is 79.9 Å². The third kappa shape index (κ3) is 7.26. The second-order valence-corrected chi connectivity index (χ2v) is 12.0. The summed E-state index contributed by atoms with van der Waals surface area (Å²) in [6.45, 7) is 3.90. The smallest absolute Gasteiger partial charge is 0.243 e. The van der Waals surface area contributed by atoms with Crippen molar-refractivity contribution in [1.82, 2.24) is 14.5 Å². The van der Waals surface area contributed by atoms with E-state index in [2.05, 4.69) is 5.32 Å². The van der Waals surface area contributed by atoms with Crippen LogP contribution in [-0.2, 0) is 26.2 Å². The van der Waals surface area contributed by atoms with Crippen molar-refractivity contribution in [3.8, 4) is 0 Å². The van der Waals surface area contributed by atoms with Crippen LogP contribution in [0.25, 0.3) is 10.8 Å². The minimum Gasteiger partial charge on any atom is -0.354 e. The van der Waals surface area contributed by atoms with Gasteiger partial charge >= 0.3 is 0 Å². The lowest BCUT2D eigenvalue weighted by Gasteiger charge is -2.32. The Labute approximate surface area is 234 Å². The number of likely N-dealkylation sites (N-methyl/N-ethyl adjacent to an activating group) is 1. The number of nitrogens with one attached hydrogen (secondary N) is 1. The minimum absolute atomic E-state index is 0.0262. The van der Waals surface area contributed by atoms with Gasteiger partial charge < -0.3 is 10.2 Å². The van der Waals surface area contributed by atoms with Gasteiger partial charge in [-0.3, -0.25) is 9.59 Å². The van der Waals surface area contributed by atoms with Gasteiger partial charge in [-0.25, -0.2) is 8.42 Å². The van der Waals surface area contributed by atoms with Crippen LogP contribution in [0.3, 0.4) is 0 Å². The first kappa shape index (κ1) is 29.9. The van der Waals surface area contributed by atoms with Gasteiger partial charge in [0, 0.05) is 30.2 Å². The highest BCUT2D eigenvalue weighted by Crippen LogP contribution is 2.25. The van der Waals surface area contributed by atoms with Crippen molar-refractivity contribution >= 4 is 55.8 Å². The van der Waals surface area contributed by atoms with Crippen molar-refractivity contribution in [2.24, 2.45) is 0 Å². The molecule has 7 nitrogen and oxygen atoms in total. The number of carbonyl (C=O) groups excluding carboxylic acids is 2. The molecule has 3 aromatic rings. The molecule has 1 atom stereocenters. The molecule has 2 amide bonds. The Balaban J connectivity index is 1.88. The molecule has 0 spiro atoms. The molecule has 10 heteroatoms. The van der Waals surface area contributed by atoms with Gasteiger partial charge in [0.05, 0.1) is 11.4 Å². The number of sulfonamides is 1. The van der Waals surface area contributed by atoms with Crippen molar-refractivity contribution in [1.29, 1.82) is 0 Å². The number of rotatable bonds is 12. The molecule has 3 rings (SSSR count). The summed E-state index contributed by atoms with van der Waals surface area (Å²) in [7, 11) is -2.61.